The third-order valence-corrected chi connectivity index (χ3v) is 5.22. The summed E-state index contributed by atoms with van der Waals surface area (Å²) in [4.78, 5) is 27.3. The molecule has 0 radical (unpaired) electrons. The van der Waals surface area contributed by atoms with Crippen LogP contribution in [0.15, 0.2) is 30.5 Å². The molecule has 10 nitrogen and oxygen atoms in total. The Bertz CT molecular complexity index is 863. The molecule has 3 rings (SSSR count). The molecule has 1 saturated heterocycles. The predicted octanol–water partition coefficient (Wildman–Crippen LogP) is 0.580. The maximum Gasteiger partial charge on any atom is 0.328 e. The van der Waals surface area contributed by atoms with Gasteiger partial charge in [-0.3, -0.25) is 9.69 Å². The number of nitrogens with zero attached hydrogens (tertiary/aromatic N) is 4. The molecule has 0 saturated carbocycles. The smallest absolute Gasteiger partial charge is 0.328 e. The lowest BCUT2D eigenvalue weighted by Crippen LogP contribution is -2.45. The summed E-state index contributed by atoms with van der Waals surface area (Å²) < 4.78 is 16.9. The molecule has 1 amide bonds. The van der Waals surface area contributed by atoms with Crippen LogP contribution in [-0.2, 0) is 32.0 Å². The second kappa shape index (κ2) is 10.9. The van der Waals surface area contributed by atoms with Gasteiger partial charge < -0.3 is 19.5 Å². The summed E-state index contributed by atoms with van der Waals surface area (Å²) in [6.07, 6.45) is 2.06. The molecule has 0 unspecified atom stereocenters. The van der Waals surface area contributed by atoms with E-state index in [4.69, 9.17) is 14.2 Å². The summed E-state index contributed by atoms with van der Waals surface area (Å²) in [7, 11) is 2.89. The lowest BCUT2D eigenvalue weighted by molar-refractivity contribution is -0.145. The molecule has 168 valence electrons. The number of ether oxygens (including phenoxy) is 3. The van der Waals surface area contributed by atoms with Crippen LogP contribution in [0, 0.1) is 0 Å². The first-order valence-electron chi connectivity index (χ1n) is 10.2. The minimum Gasteiger partial charge on any atom is -0.497 e. The van der Waals surface area contributed by atoms with Crippen LogP contribution in [0.3, 0.4) is 0 Å². The van der Waals surface area contributed by atoms with Gasteiger partial charge >= 0.3 is 5.97 Å². The van der Waals surface area contributed by atoms with Crippen molar-refractivity contribution in [1.82, 2.24) is 25.2 Å². The Morgan fingerprint density at radius 2 is 1.90 bits per heavy atom. The van der Waals surface area contributed by atoms with E-state index in [-0.39, 0.29) is 5.91 Å². The maximum absolute atomic E-state index is 12.8. The summed E-state index contributed by atoms with van der Waals surface area (Å²) in [5.74, 6) is -0.134. The number of benzene rings is 1. The van der Waals surface area contributed by atoms with Crippen LogP contribution in [0.2, 0.25) is 0 Å². The number of amides is 1. The lowest BCUT2D eigenvalue weighted by atomic mass is 10.1. The molecule has 2 atom stereocenters. The summed E-state index contributed by atoms with van der Waals surface area (Å²) in [6, 6.07) is 5.86. The SMILES string of the molecule is COC(=O)[C@H](Cc1ccc(OC)cc1)NC(=O)[C@H](C)n1cc(CN2CCOCC2)nn1. The van der Waals surface area contributed by atoms with Crippen molar-refractivity contribution in [1.29, 1.82) is 0 Å². The number of aromatic nitrogens is 3. The molecule has 2 heterocycles. The van der Waals surface area contributed by atoms with Gasteiger partial charge in [-0.1, -0.05) is 17.3 Å². The second-order valence-electron chi connectivity index (χ2n) is 7.39. The van der Waals surface area contributed by atoms with Crippen molar-refractivity contribution < 1.29 is 23.8 Å². The number of hydrogen-bond donors (Lipinski definition) is 1. The number of esters is 1. The highest BCUT2D eigenvalue weighted by Crippen LogP contribution is 2.14. The average molecular weight is 431 g/mol. The fourth-order valence-corrected chi connectivity index (χ4v) is 3.31. The van der Waals surface area contributed by atoms with Gasteiger partial charge in [-0.05, 0) is 24.6 Å². The molecule has 1 N–H and O–H groups in total. The van der Waals surface area contributed by atoms with Crippen LogP contribution in [0.1, 0.15) is 24.2 Å². The Morgan fingerprint density at radius 3 is 2.55 bits per heavy atom. The standard InChI is InChI=1S/C21H29N5O5/c1-15(26-14-17(23-24-26)13-25-8-10-31-11-9-25)20(27)22-19(21(28)30-3)12-16-4-6-18(29-2)7-5-16/h4-7,14-15,19H,8-13H2,1-3H3,(H,22,27)/t15-,19-/m0/s1. The molecule has 1 aromatic carbocycles. The Hall–Kier alpha value is -2.98. The summed E-state index contributed by atoms with van der Waals surface area (Å²) >= 11 is 0. The van der Waals surface area contributed by atoms with Gasteiger partial charge in [0.1, 0.15) is 17.8 Å². The molecular formula is C21H29N5O5. The molecule has 1 aromatic heterocycles. The van der Waals surface area contributed by atoms with E-state index in [0.29, 0.717) is 26.2 Å². The molecule has 31 heavy (non-hydrogen) atoms. The van der Waals surface area contributed by atoms with Gasteiger partial charge in [0, 0.05) is 26.1 Å². The van der Waals surface area contributed by atoms with E-state index in [2.05, 4.69) is 20.5 Å². The second-order valence-corrected chi connectivity index (χ2v) is 7.39. The van der Waals surface area contributed by atoms with Crippen molar-refractivity contribution in [3.8, 4) is 5.75 Å². The molecule has 10 heteroatoms. The van der Waals surface area contributed by atoms with Crippen LogP contribution in [0.5, 0.6) is 5.75 Å². The number of methoxy groups -OCH3 is 2. The average Bonchev–Trinajstić information content (AvgIpc) is 3.27. The first-order valence-corrected chi connectivity index (χ1v) is 10.2. The third kappa shape index (κ3) is 6.25. The zero-order valence-corrected chi connectivity index (χ0v) is 18.1. The van der Waals surface area contributed by atoms with Gasteiger partial charge in [-0.15, -0.1) is 5.10 Å². The topological polar surface area (TPSA) is 108 Å². The Morgan fingerprint density at radius 1 is 1.19 bits per heavy atom. The van der Waals surface area contributed by atoms with E-state index >= 15 is 0 Å². The predicted molar refractivity (Wildman–Crippen MR) is 111 cm³/mol. The number of morpholine rings is 1. The lowest BCUT2D eigenvalue weighted by Gasteiger charge is -2.25. The van der Waals surface area contributed by atoms with Gasteiger partial charge in [-0.25, -0.2) is 9.48 Å². The molecule has 0 bridgehead atoms. The van der Waals surface area contributed by atoms with Crippen LogP contribution >= 0.6 is 0 Å². The van der Waals surface area contributed by atoms with Crippen molar-refractivity contribution in [2.45, 2.75) is 32.0 Å². The number of rotatable bonds is 9. The van der Waals surface area contributed by atoms with Crippen molar-refractivity contribution in [3.05, 3.63) is 41.7 Å². The first kappa shape index (κ1) is 22.7. The quantitative estimate of drug-likeness (QED) is 0.575. The van der Waals surface area contributed by atoms with Gasteiger partial charge in [-0.2, -0.15) is 0 Å². The molecule has 0 aliphatic carbocycles. The Balaban J connectivity index is 1.61. The largest absolute Gasteiger partial charge is 0.497 e. The molecule has 1 aliphatic heterocycles. The Labute approximate surface area is 181 Å². The number of hydrogen-bond acceptors (Lipinski definition) is 8. The van der Waals surface area contributed by atoms with Gasteiger partial charge in [0.25, 0.3) is 0 Å². The van der Waals surface area contributed by atoms with Crippen molar-refractivity contribution in [2.75, 3.05) is 40.5 Å². The molecule has 1 fully saturated rings. The molecular weight excluding hydrogens is 402 g/mol. The van der Waals surface area contributed by atoms with E-state index in [1.165, 1.54) is 11.8 Å². The number of carbonyl (C=O) groups is 2. The highest BCUT2D eigenvalue weighted by Gasteiger charge is 2.26. The van der Waals surface area contributed by atoms with E-state index < -0.39 is 18.1 Å². The zero-order valence-electron chi connectivity index (χ0n) is 18.1. The number of carbonyl (C=O) groups excluding carboxylic acids is 2. The fraction of sp³-hybridized carbons (Fsp3) is 0.524. The summed E-state index contributed by atoms with van der Waals surface area (Å²) in [5, 5.41) is 11.0. The molecule has 0 spiro atoms. The van der Waals surface area contributed by atoms with Gasteiger partial charge in [0.15, 0.2) is 0 Å². The third-order valence-electron chi connectivity index (χ3n) is 5.22. The minimum atomic E-state index is -0.815. The summed E-state index contributed by atoms with van der Waals surface area (Å²) in [6.45, 7) is 5.46. The van der Waals surface area contributed by atoms with Gasteiger partial charge in [0.05, 0.1) is 39.3 Å². The normalized spacial score (nSPS) is 16.4. The Kier molecular flexibility index (Phi) is 7.96. The van der Waals surface area contributed by atoms with E-state index in [1.807, 2.05) is 12.1 Å². The van der Waals surface area contributed by atoms with Crippen LogP contribution in [0.4, 0.5) is 0 Å². The van der Waals surface area contributed by atoms with Crippen LogP contribution in [-0.4, -0.2) is 78.3 Å². The van der Waals surface area contributed by atoms with Gasteiger partial charge in [0.2, 0.25) is 5.91 Å². The van der Waals surface area contributed by atoms with E-state index in [1.54, 1.807) is 32.4 Å². The highest BCUT2D eigenvalue weighted by atomic mass is 16.5. The zero-order chi connectivity index (χ0) is 22.2. The maximum atomic E-state index is 12.8. The first-order chi connectivity index (χ1) is 15.0. The fourth-order valence-electron chi connectivity index (χ4n) is 3.31. The van der Waals surface area contributed by atoms with E-state index in [9.17, 15) is 9.59 Å². The minimum absolute atomic E-state index is 0.300. The molecule has 1 aliphatic rings. The highest BCUT2D eigenvalue weighted by molar-refractivity contribution is 5.86. The van der Waals surface area contributed by atoms with E-state index in [0.717, 1.165) is 30.1 Å². The monoisotopic (exact) mass is 431 g/mol. The van der Waals surface area contributed by atoms with Crippen LogP contribution < -0.4 is 10.1 Å². The van der Waals surface area contributed by atoms with Crippen molar-refractivity contribution in [2.24, 2.45) is 0 Å². The summed E-state index contributed by atoms with van der Waals surface area (Å²) in [5.41, 5.74) is 1.65. The number of nitrogens with one attached hydrogen (secondary N) is 1. The molecule has 2 aromatic rings. The van der Waals surface area contributed by atoms with Crippen LogP contribution in [0.25, 0.3) is 0 Å². The van der Waals surface area contributed by atoms with Crippen molar-refractivity contribution >= 4 is 11.9 Å². The van der Waals surface area contributed by atoms with Crippen molar-refractivity contribution in [3.63, 3.8) is 0 Å².